The van der Waals surface area contributed by atoms with E-state index in [0.29, 0.717) is 5.92 Å². The third kappa shape index (κ3) is 2.43. The number of hydrogen-bond donors (Lipinski definition) is 0. The van der Waals surface area contributed by atoms with Crippen molar-refractivity contribution < 1.29 is 0 Å². The molecule has 1 aliphatic carbocycles. The van der Waals surface area contributed by atoms with Gasteiger partial charge in [0, 0.05) is 18.3 Å². The lowest BCUT2D eigenvalue weighted by atomic mass is 10.1. The van der Waals surface area contributed by atoms with E-state index in [2.05, 4.69) is 51.9 Å². The first-order valence-corrected chi connectivity index (χ1v) is 7.70. The van der Waals surface area contributed by atoms with Crippen LogP contribution in [0.4, 0.5) is 0 Å². The molecule has 1 fully saturated rings. The summed E-state index contributed by atoms with van der Waals surface area (Å²) in [5.41, 5.74) is 4.56. The predicted octanol–water partition coefficient (Wildman–Crippen LogP) is 3.01. The lowest BCUT2D eigenvalue weighted by molar-refractivity contribution is 0.706. The molecule has 0 atom stereocenters. The van der Waals surface area contributed by atoms with Crippen molar-refractivity contribution in [2.24, 2.45) is 0 Å². The molecule has 0 unspecified atom stereocenters. The average Bonchev–Trinajstić information content (AvgIpc) is 3.07. The van der Waals surface area contributed by atoms with Gasteiger partial charge in [-0.15, -0.1) is 5.10 Å². The van der Waals surface area contributed by atoms with Gasteiger partial charge >= 0.3 is 0 Å². The molecular weight excluding hydrogens is 274 g/mol. The number of rotatable bonds is 4. The van der Waals surface area contributed by atoms with Crippen molar-refractivity contribution in [3.8, 4) is 5.69 Å². The van der Waals surface area contributed by atoms with Crippen molar-refractivity contribution >= 4 is 0 Å². The normalized spacial score (nSPS) is 14.5. The summed E-state index contributed by atoms with van der Waals surface area (Å²) in [7, 11) is 0. The monoisotopic (exact) mass is 293 g/mol. The van der Waals surface area contributed by atoms with Gasteiger partial charge in [0.2, 0.25) is 0 Å². The van der Waals surface area contributed by atoms with E-state index in [1.807, 2.05) is 23.3 Å². The third-order valence-electron chi connectivity index (χ3n) is 4.32. The fourth-order valence-corrected chi connectivity index (χ4v) is 2.70. The van der Waals surface area contributed by atoms with E-state index in [-0.39, 0.29) is 0 Å². The van der Waals surface area contributed by atoms with Gasteiger partial charge < -0.3 is 4.57 Å². The molecule has 22 heavy (non-hydrogen) atoms. The Kier molecular flexibility index (Phi) is 3.06. The number of aromatic nitrogens is 5. The second-order valence-corrected chi connectivity index (χ2v) is 6.11. The SMILES string of the molecule is Cc1ccc(-n2cc(Cn3ccnc3C3CC3)nn2)cc1C. The lowest BCUT2D eigenvalue weighted by Gasteiger charge is -2.05. The lowest BCUT2D eigenvalue weighted by Crippen LogP contribution is -2.03. The molecular formula is C17H19N5. The molecule has 0 amide bonds. The molecule has 0 bridgehead atoms. The zero-order valence-electron chi connectivity index (χ0n) is 12.9. The highest BCUT2D eigenvalue weighted by molar-refractivity contribution is 5.38. The largest absolute Gasteiger partial charge is 0.329 e. The van der Waals surface area contributed by atoms with Crippen LogP contribution < -0.4 is 0 Å². The molecule has 2 heterocycles. The minimum atomic E-state index is 0.643. The first kappa shape index (κ1) is 13.2. The molecule has 0 aliphatic heterocycles. The van der Waals surface area contributed by atoms with Crippen LogP contribution in [-0.4, -0.2) is 24.5 Å². The van der Waals surface area contributed by atoms with Gasteiger partial charge in [0.15, 0.2) is 0 Å². The molecule has 0 N–H and O–H groups in total. The number of nitrogens with zero attached hydrogens (tertiary/aromatic N) is 5. The number of hydrogen-bond acceptors (Lipinski definition) is 3. The van der Waals surface area contributed by atoms with Crippen molar-refractivity contribution in [2.45, 2.75) is 39.2 Å². The molecule has 1 aromatic carbocycles. The van der Waals surface area contributed by atoms with Gasteiger partial charge in [-0.2, -0.15) is 0 Å². The molecule has 2 aromatic heterocycles. The molecule has 0 saturated heterocycles. The molecule has 5 nitrogen and oxygen atoms in total. The van der Waals surface area contributed by atoms with Gasteiger partial charge in [0.25, 0.3) is 0 Å². The topological polar surface area (TPSA) is 48.5 Å². The maximum atomic E-state index is 4.47. The van der Waals surface area contributed by atoms with Crippen LogP contribution in [0.15, 0.2) is 36.8 Å². The van der Waals surface area contributed by atoms with E-state index in [9.17, 15) is 0 Å². The van der Waals surface area contributed by atoms with Crippen LogP contribution in [0.3, 0.4) is 0 Å². The Morgan fingerprint density at radius 3 is 2.82 bits per heavy atom. The molecule has 1 aliphatic rings. The summed E-state index contributed by atoms with van der Waals surface area (Å²) in [6, 6.07) is 6.33. The van der Waals surface area contributed by atoms with Gasteiger partial charge in [-0.3, -0.25) is 0 Å². The highest BCUT2D eigenvalue weighted by Crippen LogP contribution is 2.39. The molecule has 4 rings (SSSR count). The van der Waals surface area contributed by atoms with Gasteiger partial charge in [0.1, 0.15) is 11.5 Å². The Labute approximate surface area is 129 Å². The van der Waals surface area contributed by atoms with E-state index in [4.69, 9.17) is 0 Å². The van der Waals surface area contributed by atoms with E-state index in [1.54, 1.807) is 0 Å². The van der Waals surface area contributed by atoms with Crippen molar-refractivity contribution in [1.82, 2.24) is 24.5 Å². The summed E-state index contributed by atoms with van der Waals surface area (Å²) in [5, 5.41) is 8.57. The van der Waals surface area contributed by atoms with Crippen molar-refractivity contribution in [2.75, 3.05) is 0 Å². The van der Waals surface area contributed by atoms with Crippen molar-refractivity contribution in [3.05, 3.63) is 59.4 Å². The van der Waals surface area contributed by atoms with Gasteiger partial charge in [-0.1, -0.05) is 11.3 Å². The summed E-state index contributed by atoms with van der Waals surface area (Å²) < 4.78 is 4.03. The number of imidazole rings is 1. The molecule has 112 valence electrons. The van der Waals surface area contributed by atoms with E-state index < -0.39 is 0 Å². The number of aryl methyl sites for hydroxylation is 2. The van der Waals surface area contributed by atoms with Crippen LogP contribution in [-0.2, 0) is 6.54 Å². The maximum Gasteiger partial charge on any atom is 0.112 e. The second kappa shape index (κ2) is 5.09. The Hall–Kier alpha value is -2.43. The molecule has 0 spiro atoms. The molecule has 3 aromatic rings. The molecule has 1 saturated carbocycles. The summed E-state index contributed by atoms with van der Waals surface area (Å²) >= 11 is 0. The quantitative estimate of drug-likeness (QED) is 0.743. The Morgan fingerprint density at radius 1 is 1.18 bits per heavy atom. The van der Waals surface area contributed by atoms with E-state index in [0.717, 1.165) is 17.9 Å². The Morgan fingerprint density at radius 2 is 2.05 bits per heavy atom. The van der Waals surface area contributed by atoms with E-state index >= 15 is 0 Å². The second-order valence-electron chi connectivity index (χ2n) is 6.11. The highest BCUT2D eigenvalue weighted by Gasteiger charge is 2.27. The summed E-state index contributed by atoms with van der Waals surface area (Å²) in [4.78, 5) is 4.47. The zero-order valence-corrected chi connectivity index (χ0v) is 12.9. The van der Waals surface area contributed by atoms with Crippen LogP contribution in [0.25, 0.3) is 5.69 Å². The first-order chi connectivity index (χ1) is 10.7. The van der Waals surface area contributed by atoms with Crippen LogP contribution in [0.1, 0.15) is 41.4 Å². The average molecular weight is 293 g/mol. The standard InChI is InChI=1S/C17H19N5/c1-12-3-6-16(9-13(12)2)22-11-15(19-20-22)10-21-8-7-18-17(21)14-4-5-14/h3,6-9,11,14H,4-5,10H2,1-2H3. The van der Waals surface area contributed by atoms with Crippen molar-refractivity contribution in [1.29, 1.82) is 0 Å². The Balaban J connectivity index is 1.58. The van der Waals surface area contributed by atoms with Crippen LogP contribution in [0, 0.1) is 13.8 Å². The van der Waals surface area contributed by atoms with Gasteiger partial charge in [0.05, 0.1) is 18.4 Å². The minimum absolute atomic E-state index is 0.643. The van der Waals surface area contributed by atoms with Crippen LogP contribution >= 0.6 is 0 Å². The van der Waals surface area contributed by atoms with E-state index in [1.165, 1.54) is 29.8 Å². The van der Waals surface area contributed by atoms with Crippen LogP contribution in [0.2, 0.25) is 0 Å². The van der Waals surface area contributed by atoms with Gasteiger partial charge in [-0.05, 0) is 49.9 Å². The minimum Gasteiger partial charge on any atom is -0.329 e. The highest BCUT2D eigenvalue weighted by atomic mass is 15.4. The molecule has 5 heteroatoms. The van der Waals surface area contributed by atoms with Gasteiger partial charge in [-0.25, -0.2) is 9.67 Å². The smallest absolute Gasteiger partial charge is 0.112 e. The Bertz CT molecular complexity index is 810. The predicted molar refractivity (Wildman–Crippen MR) is 84.1 cm³/mol. The maximum absolute atomic E-state index is 4.47. The fourth-order valence-electron chi connectivity index (χ4n) is 2.70. The number of benzene rings is 1. The van der Waals surface area contributed by atoms with Crippen LogP contribution in [0.5, 0.6) is 0 Å². The summed E-state index contributed by atoms with van der Waals surface area (Å²) in [5.74, 6) is 1.82. The third-order valence-corrected chi connectivity index (χ3v) is 4.32. The summed E-state index contributed by atoms with van der Waals surface area (Å²) in [6.45, 7) is 4.96. The zero-order chi connectivity index (χ0) is 15.1. The summed E-state index contributed by atoms with van der Waals surface area (Å²) in [6.07, 6.45) is 8.42. The molecule has 0 radical (unpaired) electrons. The van der Waals surface area contributed by atoms with Crippen molar-refractivity contribution in [3.63, 3.8) is 0 Å². The first-order valence-electron chi connectivity index (χ1n) is 7.70. The fraction of sp³-hybridized carbons (Fsp3) is 0.353.